The Balaban J connectivity index is 2.50. The highest BCUT2D eigenvalue weighted by Gasteiger charge is 2.10. The fourth-order valence-electron chi connectivity index (χ4n) is 2.04. The van der Waals surface area contributed by atoms with Crippen LogP contribution in [0.2, 0.25) is 0 Å². The van der Waals surface area contributed by atoms with E-state index in [1.54, 1.807) is 13.1 Å². The molecule has 3 heteroatoms. The molecule has 2 rings (SSSR count). The Hall–Kier alpha value is -2.42. The van der Waals surface area contributed by atoms with E-state index in [9.17, 15) is 9.59 Å². The highest BCUT2D eigenvalue weighted by Crippen LogP contribution is 2.26. The number of aldehydes is 1. The first-order chi connectivity index (χ1) is 9.26. The predicted octanol–water partition coefficient (Wildman–Crippen LogP) is 2.45. The second kappa shape index (κ2) is 5.96. The van der Waals surface area contributed by atoms with Gasteiger partial charge in [0.25, 0.3) is 0 Å². The Morgan fingerprint density at radius 2 is 1.68 bits per heavy atom. The van der Waals surface area contributed by atoms with Gasteiger partial charge in [0.15, 0.2) is 6.29 Å². The third-order valence-electron chi connectivity index (χ3n) is 3.03. The van der Waals surface area contributed by atoms with Crippen LogP contribution in [0.15, 0.2) is 48.5 Å². The van der Waals surface area contributed by atoms with Crippen LogP contribution in [0.25, 0.3) is 11.1 Å². The predicted molar refractivity (Wildman–Crippen MR) is 75.0 cm³/mol. The smallest absolute Gasteiger partial charge is 0.224 e. The zero-order chi connectivity index (χ0) is 13.7. The van der Waals surface area contributed by atoms with E-state index in [1.165, 1.54) is 0 Å². The lowest BCUT2D eigenvalue weighted by Crippen LogP contribution is -2.20. The Morgan fingerprint density at radius 1 is 1.05 bits per heavy atom. The van der Waals surface area contributed by atoms with Gasteiger partial charge in [-0.05, 0) is 16.7 Å². The van der Waals surface area contributed by atoms with Crippen molar-refractivity contribution >= 4 is 12.2 Å². The molecule has 0 saturated carbocycles. The summed E-state index contributed by atoms with van der Waals surface area (Å²) < 4.78 is 0. The molecule has 0 saturated heterocycles. The van der Waals surface area contributed by atoms with Gasteiger partial charge in [0, 0.05) is 12.6 Å². The summed E-state index contributed by atoms with van der Waals surface area (Å²) in [5.74, 6) is -0.0453. The number of rotatable bonds is 4. The van der Waals surface area contributed by atoms with Crippen molar-refractivity contribution in [3.63, 3.8) is 0 Å². The second-order valence-electron chi connectivity index (χ2n) is 4.21. The number of hydrogen-bond acceptors (Lipinski definition) is 2. The molecule has 0 radical (unpaired) electrons. The fraction of sp³-hybridized carbons (Fsp3) is 0.125. The summed E-state index contributed by atoms with van der Waals surface area (Å²) in [6, 6.07) is 15.0. The number of likely N-dealkylation sites (N-methyl/N-ethyl adjacent to an activating group) is 1. The number of benzene rings is 2. The number of hydrogen-bond donors (Lipinski definition) is 1. The minimum Gasteiger partial charge on any atom is -0.359 e. The summed E-state index contributed by atoms with van der Waals surface area (Å²) in [6.07, 6.45) is 1.14. The highest BCUT2D eigenvalue weighted by molar-refractivity contribution is 5.90. The molecule has 0 aliphatic carbocycles. The molecule has 0 aromatic heterocycles. The van der Waals surface area contributed by atoms with Crippen molar-refractivity contribution in [2.24, 2.45) is 0 Å². The summed E-state index contributed by atoms with van der Waals surface area (Å²) in [5, 5.41) is 2.61. The summed E-state index contributed by atoms with van der Waals surface area (Å²) in [6.45, 7) is 0. The zero-order valence-electron chi connectivity index (χ0n) is 10.7. The van der Waals surface area contributed by atoms with Gasteiger partial charge < -0.3 is 5.32 Å². The van der Waals surface area contributed by atoms with E-state index >= 15 is 0 Å². The van der Waals surface area contributed by atoms with Gasteiger partial charge in [0.2, 0.25) is 5.91 Å². The highest BCUT2D eigenvalue weighted by atomic mass is 16.1. The summed E-state index contributed by atoms with van der Waals surface area (Å²) in [4.78, 5) is 22.6. The van der Waals surface area contributed by atoms with Crippen LogP contribution in [0.1, 0.15) is 15.9 Å². The normalized spacial score (nSPS) is 9.95. The fourth-order valence-corrected chi connectivity index (χ4v) is 2.04. The molecule has 0 atom stereocenters. The van der Waals surface area contributed by atoms with Crippen LogP contribution in [0.3, 0.4) is 0 Å². The van der Waals surface area contributed by atoms with Crippen molar-refractivity contribution in [2.45, 2.75) is 6.42 Å². The average Bonchev–Trinajstić information content (AvgIpc) is 2.47. The molecule has 0 aliphatic heterocycles. The molecule has 3 nitrogen and oxygen atoms in total. The van der Waals surface area contributed by atoms with E-state index in [-0.39, 0.29) is 5.91 Å². The molecule has 96 valence electrons. The maximum atomic E-state index is 11.5. The molecule has 2 aromatic rings. The molecule has 0 spiro atoms. The van der Waals surface area contributed by atoms with Gasteiger partial charge in [-0.1, -0.05) is 48.5 Å². The molecule has 2 aromatic carbocycles. The molecule has 0 bridgehead atoms. The van der Waals surface area contributed by atoms with Crippen molar-refractivity contribution in [2.75, 3.05) is 7.05 Å². The number of nitrogens with one attached hydrogen (secondary N) is 1. The van der Waals surface area contributed by atoms with Crippen molar-refractivity contribution in [1.82, 2.24) is 5.32 Å². The zero-order valence-corrected chi connectivity index (χ0v) is 10.7. The third-order valence-corrected chi connectivity index (χ3v) is 3.03. The summed E-state index contributed by atoms with van der Waals surface area (Å²) in [7, 11) is 1.62. The van der Waals surface area contributed by atoms with Crippen LogP contribution in [0, 0.1) is 0 Å². The number of carbonyl (C=O) groups is 2. The van der Waals surface area contributed by atoms with Crippen LogP contribution in [0.5, 0.6) is 0 Å². The maximum Gasteiger partial charge on any atom is 0.224 e. The van der Waals surface area contributed by atoms with Gasteiger partial charge in [-0.15, -0.1) is 0 Å². The van der Waals surface area contributed by atoms with Crippen LogP contribution in [-0.2, 0) is 11.2 Å². The lowest BCUT2D eigenvalue weighted by Gasteiger charge is -2.10. The maximum absolute atomic E-state index is 11.5. The molecular formula is C16H15NO2. The monoisotopic (exact) mass is 253 g/mol. The van der Waals surface area contributed by atoms with Gasteiger partial charge in [0.1, 0.15) is 0 Å². The first kappa shape index (κ1) is 13.0. The molecule has 0 heterocycles. The molecule has 1 N–H and O–H groups in total. The SMILES string of the molecule is CNC(=O)Cc1ccccc1-c1ccccc1C=O. The first-order valence-corrected chi connectivity index (χ1v) is 6.09. The average molecular weight is 253 g/mol. The Labute approximate surface area is 112 Å². The molecule has 19 heavy (non-hydrogen) atoms. The minimum atomic E-state index is -0.0453. The lowest BCUT2D eigenvalue weighted by atomic mass is 9.94. The van der Waals surface area contributed by atoms with Gasteiger partial charge >= 0.3 is 0 Å². The van der Waals surface area contributed by atoms with Gasteiger partial charge in [0.05, 0.1) is 6.42 Å². The van der Waals surface area contributed by atoms with E-state index < -0.39 is 0 Å². The van der Waals surface area contributed by atoms with Crippen molar-refractivity contribution in [1.29, 1.82) is 0 Å². The second-order valence-corrected chi connectivity index (χ2v) is 4.21. The van der Waals surface area contributed by atoms with Crippen LogP contribution < -0.4 is 5.32 Å². The van der Waals surface area contributed by atoms with E-state index in [4.69, 9.17) is 0 Å². The van der Waals surface area contributed by atoms with Crippen LogP contribution >= 0.6 is 0 Å². The summed E-state index contributed by atoms with van der Waals surface area (Å²) in [5.41, 5.74) is 3.33. The first-order valence-electron chi connectivity index (χ1n) is 6.09. The Kier molecular flexibility index (Phi) is 4.08. The van der Waals surface area contributed by atoms with E-state index in [0.29, 0.717) is 12.0 Å². The van der Waals surface area contributed by atoms with Crippen molar-refractivity contribution in [3.8, 4) is 11.1 Å². The topological polar surface area (TPSA) is 46.2 Å². The van der Waals surface area contributed by atoms with Gasteiger partial charge in [-0.2, -0.15) is 0 Å². The Bertz CT molecular complexity index is 605. The lowest BCUT2D eigenvalue weighted by molar-refractivity contribution is -0.119. The van der Waals surface area contributed by atoms with E-state index in [1.807, 2.05) is 42.5 Å². The largest absolute Gasteiger partial charge is 0.359 e. The number of carbonyl (C=O) groups excluding carboxylic acids is 2. The molecule has 1 amide bonds. The van der Waals surface area contributed by atoms with Gasteiger partial charge in [-0.25, -0.2) is 0 Å². The molecule has 0 fully saturated rings. The van der Waals surface area contributed by atoms with Crippen molar-refractivity contribution in [3.05, 3.63) is 59.7 Å². The van der Waals surface area contributed by atoms with E-state index in [0.717, 1.165) is 23.0 Å². The van der Waals surface area contributed by atoms with Crippen LogP contribution in [0.4, 0.5) is 0 Å². The Morgan fingerprint density at radius 3 is 2.37 bits per heavy atom. The molecule has 0 unspecified atom stereocenters. The standard InChI is InChI=1S/C16H15NO2/c1-17-16(19)10-12-6-2-4-8-14(12)15-9-5-3-7-13(15)11-18/h2-9,11H,10H2,1H3,(H,17,19). The number of amides is 1. The third kappa shape index (κ3) is 2.88. The van der Waals surface area contributed by atoms with Crippen molar-refractivity contribution < 1.29 is 9.59 Å². The molecule has 0 aliphatic rings. The van der Waals surface area contributed by atoms with Crippen LogP contribution in [-0.4, -0.2) is 19.2 Å². The quantitative estimate of drug-likeness (QED) is 0.851. The molecular weight excluding hydrogens is 238 g/mol. The van der Waals surface area contributed by atoms with E-state index in [2.05, 4.69) is 5.32 Å². The minimum absolute atomic E-state index is 0.0453. The summed E-state index contributed by atoms with van der Waals surface area (Å²) >= 11 is 0. The van der Waals surface area contributed by atoms with Gasteiger partial charge in [-0.3, -0.25) is 9.59 Å².